The van der Waals surface area contributed by atoms with Gasteiger partial charge in [0.25, 0.3) is 0 Å². The summed E-state index contributed by atoms with van der Waals surface area (Å²) in [5.74, 6) is 0. The summed E-state index contributed by atoms with van der Waals surface area (Å²) in [6.45, 7) is 16.9. The van der Waals surface area contributed by atoms with Gasteiger partial charge >= 0.3 is 321 Å². The van der Waals surface area contributed by atoms with E-state index in [9.17, 15) is 0 Å². The third kappa shape index (κ3) is 3.94. The number of benzene rings is 4. The molecule has 4 aliphatic rings. The molecule has 7 heteroatoms. The minimum atomic E-state index is -0.928. The molecule has 4 bridgehead atoms. The summed E-state index contributed by atoms with van der Waals surface area (Å²) in [6, 6.07) is 34.2. The summed E-state index contributed by atoms with van der Waals surface area (Å²) in [4.78, 5) is 15.9. The van der Waals surface area contributed by atoms with E-state index in [-0.39, 0.29) is 10.8 Å². The Bertz CT molecular complexity index is 2700. The second-order valence-electron chi connectivity index (χ2n) is 16.6. The standard InChI is InChI=1S/C46H46N6.Ir/c1-31-20-23-37-39-38(31)35-22-21-34(45(6,32-16-12-10-13-17-32)50-26-24-48(8)29-50)28-36(35)42-47-40(41(52(39)42)44(4,5)43(37,2)3)46(7,33-18-14-11-15-19-33)51-27-25-49(9)30-51;/h10-28H,1-9H3;/t45?,46-;/m0./s1. The quantitative estimate of drug-likeness (QED) is 0.163. The van der Waals surface area contributed by atoms with Crippen molar-refractivity contribution in [2.75, 3.05) is 14.1 Å². The maximum absolute atomic E-state index is 6.00. The fourth-order valence-corrected chi connectivity index (χ4v) is 13.2. The SMILES string of the molecule is Cc1ccc2c3c1c1ccc4cc1c1nc(c(n13)C(C)(C)C2(C)C)[C@](C)(c1ccccc1)N1C=CN(C)[C]1=[Ir]=[C]1N(C)C=CN1C4(C)c1ccccc1. The molecule has 2 atom stereocenters. The summed E-state index contributed by atoms with van der Waals surface area (Å²) in [5, 5.41) is 3.79. The summed E-state index contributed by atoms with van der Waals surface area (Å²) in [6.07, 6.45) is 9.12. The Balaban J connectivity index is 1.49. The van der Waals surface area contributed by atoms with Gasteiger partial charge in [-0.15, -0.1) is 0 Å². The summed E-state index contributed by atoms with van der Waals surface area (Å²) in [7, 11) is 4.44. The first-order chi connectivity index (χ1) is 25.3. The first-order valence-corrected chi connectivity index (χ1v) is 21.0. The Morgan fingerprint density at radius 2 is 1.17 bits per heavy atom. The number of aromatic nitrogens is 2. The molecule has 0 saturated carbocycles. The van der Waals surface area contributed by atoms with Crippen LogP contribution in [0.5, 0.6) is 0 Å². The van der Waals surface area contributed by atoms with Gasteiger partial charge in [0.05, 0.1) is 0 Å². The van der Waals surface area contributed by atoms with Crippen LogP contribution in [0.2, 0.25) is 0 Å². The van der Waals surface area contributed by atoms with Crippen molar-refractivity contribution in [2.45, 2.75) is 70.4 Å². The molecule has 0 fully saturated rings. The Kier molecular flexibility index (Phi) is 6.58. The van der Waals surface area contributed by atoms with E-state index in [1.54, 1.807) is 0 Å². The molecule has 0 N–H and O–H groups in total. The molecule has 1 unspecified atom stereocenters. The van der Waals surface area contributed by atoms with Crippen LogP contribution in [-0.2, 0) is 38.7 Å². The van der Waals surface area contributed by atoms with Crippen LogP contribution in [0.15, 0.2) is 116 Å². The van der Waals surface area contributed by atoms with Crippen molar-refractivity contribution in [3.05, 3.63) is 155 Å². The molecular weight excluding hydrogens is 829 g/mol. The van der Waals surface area contributed by atoms with Crippen molar-refractivity contribution in [3.63, 3.8) is 0 Å². The topological polar surface area (TPSA) is 30.3 Å². The molecule has 4 aromatic carbocycles. The monoisotopic (exact) mass is 875 g/mol. The average Bonchev–Trinajstić information content (AvgIpc) is 3.86. The predicted octanol–water partition coefficient (Wildman–Crippen LogP) is 8.75. The van der Waals surface area contributed by atoms with E-state index in [4.69, 9.17) is 4.98 Å². The second kappa shape index (κ2) is 10.6. The average molecular weight is 875 g/mol. The van der Waals surface area contributed by atoms with Crippen LogP contribution in [0.3, 0.4) is 0 Å². The molecule has 0 radical (unpaired) electrons. The summed E-state index contributed by atoms with van der Waals surface area (Å²) < 4.78 is 5.27. The van der Waals surface area contributed by atoms with E-state index in [1.165, 1.54) is 63.7 Å². The van der Waals surface area contributed by atoms with Gasteiger partial charge in [0.2, 0.25) is 0 Å². The van der Waals surface area contributed by atoms with Gasteiger partial charge in [-0.25, -0.2) is 0 Å². The van der Waals surface area contributed by atoms with Gasteiger partial charge in [-0.3, -0.25) is 0 Å². The van der Waals surface area contributed by atoms with Gasteiger partial charge in [-0.2, -0.15) is 0 Å². The molecule has 10 rings (SSSR count). The van der Waals surface area contributed by atoms with Crippen molar-refractivity contribution in [1.29, 1.82) is 0 Å². The van der Waals surface area contributed by atoms with Crippen LogP contribution < -0.4 is 0 Å². The van der Waals surface area contributed by atoms with E-state index in [0.717, 1.165) is 11.3 Å². The van der Waals surface area contributed by atoms with E-state index in [1.807, 2.05) is 0 Å². The molecular formula is C46H46IrN6. The maximum atomic E-state index is 6.00. The molecule has 0 aliphatic carbocycles. The first kappa shape index (κ1) is 32.8. The Morgan fingerprint density at radius 3 is 1.79 bits per heavy atom. The number of hydrogen-bond donors (Lipinski definition) is 0. The van der Waals surface area contributed by atoms with Crippen LogP contribution in [-0.4, -0.2) is 51.6 Å². The van der Waals surface area contributed by atoms with E-state index < -0.39 is 27.9 Å². The molecule has 6 aromatic rings. The minimum absolute atomic E-state index is 0.175. The van der Waals surface area contributed by atoms with Gasteiger partial charge in [0, 0.05) is 0 Å². The number of aryl methyl sites for hydroxylation is 1. The van der Waals surface area contributed by atoms with E-state index >= 15 is 0 Å². The summed E-state index contributed by atoms with van der Waals surface area (Å²) in [5.41, 5.74) is 9.67. The van der Waals surface area contributed by atoms with Crippen molar-refractivity contribution in [1.82, 2.24) is 29.0 Å². The van der Waals surface area contributed by atoms with Crippen molar-refractivity contribution >= 4 is 35.9 Å². The van der Waals surface area contributed by atoms with Gasteiger partial charge in [-0.1, -0.05) is 0 Å². The number of rotatable bonds is 2. The number of pyridine rings is 1. The van der Waals surface area contributed by atoms with Gasteiger partial charge < -0.3 is 0 Å². The zero-order valence-corrected chi connectivity index (χ0v) is 34.4. The molecule has 0 spiro atoms. The predicted molar refractivity (Wildman–Crippen MR) is 214 cm³/mol. The molecule has 53 heavy (non-hydrogen) atoms. The van der Waals surface area contributed by atoms with Gasteiger partial charge in [-0.05, 0) is 0 Å². The van der Waals surface area contributed by atoms with Crippen LogP contribution in [0.25, 0.3) is 27.3 Å². The third-order valence-corrected chi connectivity index (χ3v) is 17.4. The number of fused-ring (bicyclic) bond motifs is 6. The molecule has 4 aliphatic heterocycles. The van der Waals surface area contributed by atoms with Crippen molar-refractivity contribution in [3.8, 4) is 0 Å². The third-order valence-electron chi connectivity index (χ3n) is 13.5. The van der Waals surface area contributed by atoms with Crippen LogP contribution in [0, 0.1) is 6.92 Å². The first-order valence-electron chi connectivity index (χ1n) is 18.6. The fraction of sp³-hybridized carbons (Fsp3) is 0.283. The van der Waals surface area contributed by atoms with E-state index in [0.29, 0.717) is 0 Å². The van der Waals surface area contributed by atoms with Gasteiger partial charge in [0.1, 0.15) is 0 Å². The zero-order chi connectivity index (χ0) is 36.8. The van der Waals surface area contributed by atoms with Crippen molar-refractivity contribution in [2.24, 2.45) is 0 Å². The Hall–Kier alpha value is -4.84. The Labute approximate surface area is 319 Å². The molecule has 0 amide bonds. The molecule has 6 heterocycles. The molecule has 2 aromatic heterocycles. The number of nitrogens with zero attached hydrogens (tertiary/aromatic N) is 6. The number of imidazole rings is 1. The van der Waals surface area contributed by atoms with E-state index in [2.05, 4.69) is 202 Å². The molecule has 269 valence electrons. The molecule has 0 saturated heterocycles. The van der Waals surface area contributed by atoms with Crippen molar-refractivity contribution < 1.29 is 16.8 Å². The second-order valence-corrected chi connectivity index (χ2v) is 19.4. The van der Waals surface area contributed by atoms with Crippen LogP contribution in [0.1, 0.15) is 80.7 Å². The summed E-state index contributed by atoms with van der Waals surface area (Å²) >= 11 is -0.928. The van der Waals surface area contributed by atoms with Crippen LogP contribution >= 0.6 is 0 Å². The Morgan fingerprint density at radius 1 is 0.585 bits per heavy atom. The molecule has 6 nitrogen and oxygen atoms in total. The number of hydrogen-bond acceptors (Lipinski definition) is 5. The zero-order valence-electron chi connectivity index (χ0n) is 32.0. The fourth-order valence-electron chi connectivity index (χ4n) is 9.56. The van der Waals surface area contributed by atoms with Gasteiger partial charge in [0.15, 0.2) is 0 Å². The normalized spacial score (nSPS) is 23.9. The van der Waals surface area contributed by atoms with Crippen LogP contribution in [0.4, 0.5) is 0 Å².